The van der Waals surface area contributed by atoms with Gasteiger partial charge in [0.1, 0.15) is 11.2 Å². The third-order valence-electron chi connectivity index (χ3n) is 13.2. The van der Waals surface area contributed by atoms with Gasteiger partial charge in [0.05, 0.1) is 5.69 Å². The summed E-state index contributed by atoms with van der Waals surface area (Å²) < 4.78 is 6.78. The van der Waals surface area contributed by atoms with Gasteiger partial charge in [0.15, 0.2) is 0 Å². The van der Waals surface area contributed by atoms with Crippen molar-refractivity contribution in [2.24, 2.45) is 0 Å². The van der Waals surface area contributed by atoms with Gasteiger partial charge in [0.25, 0.3) is 0 Å². The van der Waals surface area contributed by atoms with Crippen LogP contribution in [-0.4, -0.2) is 0 Å². The van der Waals surface area contributed by atoms with E-state index in [0.29, 0.717) is 0 Å². The van der Waals surface area contributed by atoms with Crippen LogP contribution in [0.15, 0.2) is 229 Å². The average Bonchev–Trinajstić information content (AvgIpc) is 3.83. The van der Waals surface area contributed by atoms with E-state index < -0.39 is 0 Å². The molecular formula is C61H43NO. The summed E-state index contributed by atoms with van der Waals surface area (Å²) in [6.07, 6.45) is 0. The van der Waals surface area contributed by atoms with Gasteiger partial charge in [-0.15, -0.1) is 0 Å². The Morgan fingerprint density at radius 3 is 1.81 bits per heavy atom. The number of hydrogen-bond acceptors (Lipinski definition) is 2. The van der Waals surface area contributed by atoms with Gasteiger partial charge in [-0.3, -0.25) is 0 Å². The molecule has 0 bridgehead atoms. The van der Waals surface area contributed by atoms with Crippen molar-refractivity contribution in [1.29, 1.82) is 0 Å². The Hall–Kier alpha value is -7.94. The van der Waals surface area contributed by atoms with E-state index in [0.717, 1.165) is 72.4 Å². The van der Waals surface area contributed by atoms with E-state index in [9.17, 15) is 0 Å². The lowest BCUT2D eigenvalue weighted by Gasteiger charge is -2.30. The minimum absolute atomic E-state index is 0.171. The largest absolute Gasteiger partial charge is 0.456 e. The lowest BCUT2D eigenvalue weighted by molar-refractivity contribution is 0.660. The summed E-state index contributed by atoms with van der Waals surface area (Å²) in [5, 5.41) is 4.67. The summed E-state index contributed by atoms with van der Waals surface area (Å²) in [6, 6.07) is 81.8. The van der Waals surface area contributed by atoms with Crippen LogP contribution in [0, 0.1) is 0 Å². The number of benzene rings is 10. The maximum atomic E-state index is 6.78. The van der Waals surface area contributed by atoms with Crippen LogP contribution in [0.5, 0.6) is 0 Å². The van der Waals surface area contributed by atoms with Crippen LogP contribution in [0.3, 0.4) is 0 Å². The normalized spacial score (nSPS) is 12.7. The molecule has 0 N–H and O–H groups in total. The molecule has 2 heteroatoms. The lowest BCUT2D eigenvalue weighted by atomic mass is 9.82. The first kappa shape index (κ1) is 36.9. The molecule has 0 amide bonds. The molecule has 0 unspecified atom stereocenters. The van der Waals surface area contributed by atoms with E-state index in [1.54, 1.807) is 0 Å². The quantitative estimate of drug-likeness (QED) is 0.160. The molecule has 10 aromatic carbocycles. The summed E-state index contributed by atoms with van der Waals surface area (Å²) in [5.41, 5.74) is 19.3. The molecular weight excluding hydrogens is 763 g/mol. The van der Waals surface area contributed by atoms with Crippen LogP contribution in [-0.2, 0) is 5.41 Å². The molecule has 0 aliphatic heterocycles. The summed E-state index contributed by atoms with van der Waals surface area (Å²) >= 11 is 0. The molecule has 0 saturated heterocycles. The second-order valence-corrected chi connectivity index (χ2v) is 17.3. The van der Waals surface area contributed by atoms with Gasteiger partial charge in [-0.05, 0) is 127 Å². The van der Waals surface area contributed by atoms with Crippen molar-refractivity contribution in [1.82, 2.24) is 0 Å². The SMILES string of the molecule is CC1(C)c2ccccc2-c2ccc(N(c3cccc(-c4ccccc4)c3)c3cc(-c4ccccc4)ccc3-c3cc(-c4ccc5ccccc5c4)c4c(c3)oc3ccccc34)cc21. The van der Waals surface area contributed by atoms with E-state index in [1.807, 2.05) is 0 Å². The summed E-state index contributed by atoms with van der Waals surface area (Å²) in [5.74, 6) is 0. The fourth-order valence-electron chi connectivity index (χ4n) is 10.1. The molecule has 0 saturated carbocycles. The minimum atomic E-state index is -0.171. The number of para-hydroxylation sites is 1. The highest BCUT2D eigenvalue weighted by Crippen LogP contribution is 2.52. The predicted octanol–water partition coefficient (Wildman–Crippen LogP) is 17.2. The number of rotatable bonds is 7. The van der Waals surface area contributed by atoms with E-state index in [1.165, 1.54) is 44.2 Å². The average molecular weight is 806 g/mol. The maximum Gasteiger partial charge on any atom is 0.136 e. The molecule has 1 aromatic heterocycles. The third-order valence-corrected chi connectivity index (χ3v) is 13.2. The molecule has 63 heavy (non-hydrogen) atoms. The molecule has 12 rings (SSSR count). The van der Waals surface area contributed by atoms with Crippen LogP contribution in [0.4, 0.5) is 17.1 Å². The Morgan fingerprint density at radius 1 is 0.349 bits per heavy atom. The van der Waals surface area contributed by atoms with Crippen LogP contribution in [0.2, 0.25) is 0 Å². The van der Waals surface area contributed by atoms with Crippen molar-refractivity contribution < 1.29 is 4.42 Å². The zero-order valence-electron chi connectivity index (χ0n) is 35.2. The van der Waals surface area contributed by atoms with E-state index in [2.05, 4.69) is 243 Å². The molecule has 0 radical (unpaired) electrons. The van der Waals surface area contributed by atoms with Crippen molar-refractivity contribution in [3.63, 3.8) is 0 Å². The van der Waals surface area contributed by atoms with Gasteiger partial charge < -0.3 is 9.32 Å². The number of furan rings is 1. The zero-order chi connectivity index (χ0) is 42.1. The van der Waals surface area contributed by atoms with Crippen LogP contribution < -0.4 is 4.90 Å². The maximum absolute atomic E-state index is 6.78. The number of hydrogen-bond donors (Lipinski definition) is 0. The Kier molecular flexibility index (Phi) is 8.55. The second kappa shape index (κ2) is 14.6. The first-order valence-corrected chi connectivity index (χ1v) is 21.8. The molecule has 1 aliphatic carbocycles. The van der Waals surface area contributed by atoms with E-state index >= 15 is 0 Å². The molecule has 2 nitrogen and oxygen atoms in total. The highest BCUT2D eigenvalue weighted by molar-refractivity contribution is 6.14. The fraction of sp³-hybridized carbons (Fsp3) is 0.0492. The van der Waals surface area contributed by atoms with Crippen LogP contribution in [0.25, 0.3) is 88.3 Å². The third kappa shape index (κ3) is 6.17. The van der Waals surface area contributed by atoms with Crippen molar-refractivity contribution >= 4 is 49.8 Å². The molecule has 298 valence electrons. The molecule has 1 heterocycles. The van der Waals surface area contributed by atoms with Gasteiger partial charge in [-0.1, -0.05) is 184 Å². The highest BCUT2D eigenvalue weighted by Gasteiger charge is 2.36. The lowest BCUT2D eigenvalue weighted by Crippen LogP contribution is -2.17. The molecule has 0 atom stereocenters. The van der Waals surface area contributed by atoms with Gasteiger partial charge in [-0.25, -0.2) is 0 Å². The van der Waals surface area contributed by atoms with Crippen molar-refractivity contribution in [2.45, 2.75) is 19.3 Å². The number of fused-ring (bicyclic) bond motifs is 7. The van der Waals surface area contributed by atoms with Crippen LogP contribution >= 0.6 is 0 Å². The zero-order valence-corrected chi connectivity index (χ0v) is 35.2. The van der Waals surface area contributed by atoms with E-state index in [4.69, 9.17) is 4.42 Å². The highest BCUT2D eigenvalue weighted by atomic mass is 16.3. The van der Waals surface area contributed by atoms with Crippen molar-refractivity contribution in [3.05, 3.63) is 236 Å². The van der Waals surface area contributed by atoms with Crippen molar-refractivity contribution in [3.8, 4) is 55.6 Å². The number of anilines is 3. The Bertz CT molecular complexity index is 3540. The Labute approximate surface area is 368 Å². The van der Waals surface area contributed by atoms with E-state index in [-0.39, 0.29) is 5.41 Å². The topological polar surface area (TPSA) is 16.4 Å². The first-order valence-electron chi connectivity index (χ1n) is 21.8. The van der Waals surface area contributed by atoms with Gasteiger partial charge in [0, 0.05) is 33.1 Å². The Morgan fingerprint density at radius 2 is 0.984 bits per heavy atom. The summed E-state index contributed by atoms with van der Waals surface area (Å²) in [4.78, 5) is 2.48. The smallest absolute Gasteiger partial charge is 0.136 e. The second-order valence-electron chi connectivity index (χ2n) is 17.3. The van der Waals surface area contributed by atoms with Gasteiger partial charge >= 0.3 is 0 Å². The summed E-state index contributed by atoms with van der Waals surface area (Å²) in [7, 11) is 0. The molecule has 1 aliphatic rings. The number of nitrogens with zero attached hydrogens (tertiary/aromatic N) is 1. The van der Waals surface area contributed by atoms with Gasteiger partial charge in [-0.2, -0.15) is 0 Å². The predicted molar refractivity (Wildman–Crippen MR) is 265 cm³/mol. The molecule has 0 fully saturated rings. The molecule has 11 aromatic rings. The van der Waals surface area contributed by atoms with Crippen LogP contribution in [0.1, 0.15) is 25.0 Å². The minimum Gasteiger partial charge on any atom is -0.456 e. The monoisotopic (exact) mass is 805 g/mol. The summed E-state index contributed by atoms with van der Waals surface area (Å²) in [6.45, 7) is 4.72. The first-order chi connectivity index (χ1) is 31.0. The standard InChI is InChI=1S/C61H43NO/c1-61(2)55-26-13-11-24-51(55)52-33-31-49(39-56(52)61)62(48-23-15-22-44(35-48)40-16-5-3-6-17-40)57-37-45(41-18-7-4-8-19-41)30-32-50(57)47-36-54(46-29-28-42-20-9-10-21-43(42)34-46)60-53-25-12-14-27-58(53)63-59(60)38-47/h3-39H,1-2H3. The Balaban J connectivity index is 1.14. The fourth-order valence-corrected chi connectivity index (χ4v) is 10.1. The van der Waals surface area contributed by atoms with Crippen molar-refractivity contribution in [2.75, 3.05) is 4.90 Å². The van der Waals surface area contributed by atoms with Gasteiger partial charge in [0.2, 0.25) is 0 Å². The molecule has 0 spiro atoms.